The van der Waals surface area contributed by atoms with Crippen molar-refractivity contribution in [1.29, 1.82) is 0 Å². The molecule has 9 heteroatoms. The Kier molecular flexibility index (Phi) is 8.96. The largest absolute Gasteiger partial charge is 0.497 e. The van der Waals surface area contributed by atoms with E-state index in [9.17, 15) is 9.59 Å². The normalized spacial score (nSPS) is 14.5. The van der Waals surface area contributed by atoms with Crippen molar-refractivity contribution in [3.8, 4) is 11.5 Å². The van der Waals surface area contributed by atoms with E-state index >= 15 is 0 Å². The highest BCUT2D eigenvalue weighted by Crippen LogP contribution is 2.35. The van der Waals surface area contributed by atoms with Crippen LogP contribution in [0, 0.1) is 0 Å². The zero-order valence-corrected chi connectivity index (χ0v) is 26.2. The summed E-state index contributed by atoms with van der Waals surface area (Å²) in [6, 6.07) is 31.1. The standard InChI is InChI=1S/C36H29ClN2O5S/c1-3-43-35(41)31-32(24-11-5-4-6-12-24)38-36-39(33(31)25-16-18-27(42-2)19-17-25)34(40)30(45-36)21-23-10-9-14-28(20-23)44-22-26-13-7-8-15-29(26)37/h4-21,33H,3,22H2,1-2H3/b30-21+/t33-/m1/s1. The fraction of sp³-hybridized carbons (Fsp3) is 0.139. The minimum Gasteiger partial charge on any atom is -0.497 e. The van der Waals surface area contributed by atoms with Crippen LogP contribution in [0.5, 0.6) is 11.5 Å². The number of hydrogen-bond acceptors (Lipinski definition) is 7. The Hall–Kier alpha value is -4.92. The van der Waals surface area contributed by atoms with E-state index in [1.165, 1.54) is 11.3 Å². The number of aromatic nitrogens is 1. The topological polar surface area (TPSA) is 79.1 Å². The van der Waals surface area contributed by atoms with E-state index in [2.05, 4.69) is 0 Å². The van der Waals surface area contributed by atoms with E-state index < -0.39 is 12.0 Å². The number of methoxy groups -OCH3 is 1. The van der Waals surface area contributed by atoms with Gasteiger partial charge in [-0.1, -0.05) is 95.7 Å². The van der Waals surface area contributed by atoms with Crippen LogP contribution in [0.1, 0.15) is 35.2 Å². The first-order chi connectivity index (χ1) is 22.0. The van der Waals surface area contributed by atoms with Gasteiger partial charge in [0.15, 0.2) is 4.80 Å². The summed E-state index contributed by atoms with van der Waals surface area (Å²) in [6.07, 6.45) is 1.81. The summed E-state index contributed by atoms with van der Waals surface area (Å²) >= 11 is 7.56. The second kappa shape index (κ2) is 13.4. The van der Waals surface area contributed by atoms with Gasteiger partial charge in [0, 0.05) is 16.1 Å². The maximum atomic E-state index is 14.2. The molecule has 0 aliphatic carbocycles. The van der Waals surface area contributed by atoms with Crippen LogP contribution in [-0.4, -0.2) is 24.3 Å². The molecule has 0 bridgehead atoms. The van der Waals surface area contributed by atoms with Gasteiger partial charge in [0.25, 0.3) is 5.56 Å². The predicted molar refractivity (Wildman–Crippen MR) is 176 cm³/mol. The van der Waals surface area contributed by atoms with Crippen molar-refractivity contribution in [3.63, 3.8) is 0 Å². The maximum absolute atomic E-state index is 14.2. The SMILES string of the molecule is CCOC(=O)C1=C(c2ccccc2)N=c2s/c(=C/c3cccc(OCc4ccccc4Cl)c3)c(=O)n2[C@@H]1c1ccc(OC)cc1. The highest BCUT2D eigenvalue weighted by Gasteiger charge is 2.35. The molecular formula is C36H29ClN2O5S. The molecule has 0 fully saturated rings. The first-order valence-electron chi connectivity index (χ1n) is 14.4. The number of carbonyl (C=O) groups excluding carboxylic acids is 1. The molecule has 5 aromatic rings. The fourth-order valence-electron chi connectivity index (χ4n) is 5.16. The van der Waals surface area contributed by atoms with Crippen LogP contribution in [0.2, 0.25) is 5.02 Å². The molecule has 226 valence electrons. The number of nitrogens with zero attached hydrogens (tertiary/aromatic N) is 2. The molecule has 0 saturated carbocycles. The fourth-order valence-corrected chi connectivity index (χ4v) is 6.36. The van der Waals surface area contributed by atoms with Gasteiger partial charge in [-0.3, -0.25) is 9.36 Å². The maximum Gasteiger partial charge on any atom is 0.338 e. The Morgan fingerprint density at radius 1 is 0.956 bits per heavy atom. The number of thiazole rings is 1. The first kappa shape index (κ1) is 30.1. The number of fused-ring (bicyclic) bond motifs is 1. The van der Waals surface area contributed by atoms with Gasteiger partial charge >= 0.3 is 5.97 Å². The molecule has 0 spiro atoms. The molecule has 1 atom stereocenters. The molecule has 0 N–H and O–H groups in total. The van der Waals surface area contributed by atoms with E-state index in [1.807, 2.05) is 109 Å². The molecule has 0 unspecified atom stereocenters. The van der Waals surface area contributed by atoms with Gasteiger partial charge in [0.05, 0.1) is 35.6 Å². The number of ether oxygens (including phenoxy) is 3. The van der Waals surface area contributed by atoms with Gasteiger partial charge in [0.2, 0.25) is 0 Å². The second-order valence-corrected chi connectivity index (χ2v) is 11.6. The molecule has 0 saturated heterocycles. The molecule has 6 rings (SSSR count). The lowest BCUT2D eigenvalue weighted by atomic mass is 9.93. The lowest BCUT2D eigenvalue weighted by molar-refractivity contribution is -0.138. The minimum absolute atomic E-state index is 0.180. The Morgan fingerprint density at radius 3 is 2.44 bits per heavy atom. The van der Waals surface area contributed by atoms with Crippen LogP contribution in [0.25, 0.3) is 11.8 Å². The summed E-state index contributed by atoms with van der Waals surface area (Å²) in [5, 5.41) is 0.637. The highest BCUT2D eigenvalue weighted by atomic mass is 35.5. The molecule has 45 heavy (non-hydrogen) atoms. The van der Waals surface area contributed by atoms with Crippen LogP contribution in [0.4, 0.5) is 0 Å². The van der Waals surface area contributed by atoms with Gasteiger partial charge in [0.1, 0.15) is 18.1 Å². The molecule has 7 nitrogen and oxygen atoms in total. The smallest absolute Gasteiger partial charge is 0.338 e. The van der Waals surface area contributed by atoms with Crippen molar-refractivity contribution < 1.29 is 19.0 Å². The zero-order chi connectivity index (χ0) is 31.3. The van der Waals surface area contributed by atoms with Crippen LogP contribution in [-0.2, 0) is 16.1 Å². The molecule has 0 amide bonds. The summed E-state index contributed by atoms with van der Waals surface area (Å²) < 4.78 is 19.0. The van der Waals surface area contributed by atoms with Crippen molar-refractivity contribution >= 4 is 40.7 Å². The van der Waals surface area contributed by atoms with E-state index in [1.54, 1.807) is 18.6 Å². The Bertz CT molecular complexity index is 2070. The summed E-state index contributed by atoms with van der Waals surface area (Å²) in [6.45, 7) is 2.25. The molecule has 1 aliphatic heterocycles. The van der Waals surface area contributed by atoms with Gasteiger partial charge in [-0.05, 0) is 54.5 Å². The Morgan fingerprint density at radius 2 is 1.71 bits per heavy atom. The third-order valence-electron chi connectivity index (χ3n) is 7.31. The van der Waals surface area contributed by atoms with Crippen molar-refractivity contribution in [2.75, 3.05) is 13.7 Å². The third kappa shape index (κ3) is 6.34. The number of halogens is 1. The van der Waals surface area contributed by atoms with Crippen molar-refractivity contribution in [2.24, 2.45) is 4.99 Å². The summed E-state index contributed by atoms with van der Waals surface area (Å²) in [7, 11) is 1.59. The van der Waals surface area contributed by atoms with E-state index in [-0.39, 0.29) is 12.2 Å². The lowest BCUT2D eigenvalue weighted by Gasteiger charge is -2.26. The van der Waals surface area contributed by atoms with Crippen LogP contribution >= 0.6 is 22.9 Å². The van der Waals surface area contributed by atoms with Gasteiger partial charge < -0.3 is 14.2 Å². The second-order valence-electron chi connectivity index (χ2n) is 10.2. The van der Waals surface area contributed by atoms with E-state index in [0.717, 1.165) is 22.3 Å². The molecule has 1 aromatic heterocycles. The number of hydrogen-bond donors (Lipinski definition) is 0. The molecule has 1 aliphatic rings. The number of carbonyl (C=O) groups is 1. The molecule has 2 heterocycles. The van der Waals surface area contributed by atoms with E-state index in [4.69, 9.17) is 30.8 Å². The van der Waals surface area contributed by atoms with E-state index in [0.29, 0.717) is 43.7 Å². The quantitative estimate of drug-likeness (QED) is 0.181. The highest BCUT2D eigenvalue weighted by molar-refractivity contribution is 7.07. The lowest BCUT2D eigenvalue weighted by Crippen LogP contribution is -2.40. The van der Waals surface area contributed by atoms with Gasteiger partial charge in [-0.25, -0.2) is 9.79 Å². The molecule has 0 radical (unpaired) electrons. The third-order valence-corrected chi connectivity index (χ3v) is 8.66. The summed E-state index contributed by atoms with van der Waals surface area (Å²) in [5.41, 5.74) is 3.63. The zero-order valence-electron chi connectivity index (χ0n) is 24.6. The van der Waals surface area contributed by atoms with Crippen molar-refractivity contribution in [1.82, 2.24) is 4.57 Å². The number of esters is 1. The molecular weight excluding hydrogens is 608 g/mol. The average Bonchev–Trinajstić information content (AvgIpc) is 3.38. The van der Waals surface area contributed by atoms with Gasteiger partial charge in [-0.2, -0.15) is 0 Å². The first-order valence-corrected chi connectivity index (χ1v) is 15.5. The summed E-state index contributed by atoms with van der Waals surface area (Å²) in [4.78, 5) is 33.2. The Balaban J connectivity index is 1.48. The van der Waals surface area contributed by atoms with Crippen molar-refractivity contribution in [2.45, 2.75) is 19.6 Å². The van der Waals surface area contributed by atoms with Gasteiger partial charge in [-0.15, -0.1) is 0 Å². The minimum atomic E-state index is -0.770. The van der Waals surface area contributed by atoms with Crippen LogP contribution < -0.4 is 24.4 Å². The number of benzene rings is 4. The summed E-state index contributed by atoms with van der Waals surface area (Å²) in [5.74, 6) is 0.773. The number of rotatable bonds is 9. The van der Waals surface area contributed by atoms with Crippen molar-refractivity contribution in [3.05, 3.63) is 156 Å². The predicted octanol–water partition coefficient (Wildman–Crippen LogP) is 6.18. The monoisotopic (exact) mass is 636 g/mol. The molecule has 4 aromatic carbocycles. The average molecular weight is 637 g/mol. The Labute approximate surface area is 268 Å². The van der Waals surface area contributed by atoms with Crippen LogP contribution in [0.15, 0.2) is 118 Å². The van der Waals surface area contributed by atoms with Crippen LogP contribution in [0.3, 0.4) is 0 Å².